The van der Waals surface area contributed by atoms with Crippen molar-refractivity contribution in [3.05, 3.63) is 89.0 Å². The zero-order chi connectivity index (χ0) is 20.0. The van der Waals surface area contributed by atoms with E-state index in [0.717, 1.165) is 22.0 Å². The zero-order valence-electron chi connectivity index (χ0n) is 15.6. The van der Waals surface area contributed by atoms with Gasteiger partial charge in [0.1, 0.15) is 5.82 Å². The Morgan fingerprint density at radius 1 is 1.07 bits per heavy atom. The number of fused-ring (bicyclic) bond motifs is 2. The van der Waals surface area contributed by atoms with Crippen molar-refractivity contribution in [3.8, 4) is 11.1 Å². The second-order valence-electron chi connectivity index (χ2n) is 6.89. The lowest BCUT2D eigenvalue weighted by molar-refractivity contribution is 0.599. The molecule has 0 bridgehead atoms. The van der Waals surface area contributed by atoms with E-state index in [1.54, 1.807) is 29.2 Å². The van der Waals surface area contributed by atoms with Gasteiger partial charge in [-0.15, -0.1) is 0 Å². The second kappa shape index (κ2) is 6.63. The van der Waals surface area contributed by atoms with Gasteiger partial charge in [0.2, 0.25) is 0 Å². The normalized spacial score (nSPS) is 11.4. The first-order valence-corrected chi connectivity index (χ1v) is 9.11. The molecule has 0 amide bonds. The number of benzene rings is 2. The summed E-state index contributed by atoms with van der Waals surface area (Å²) in [6.45, 7) is 0.104. The summed E-state index contributed by atoms with van der Waals surface area (Å²) >= 11 is 0. The Morgan fingerprint density at radius 3 is 2.83 bits per heavy atom. The van der Waals surface area contributed by atoms with Gasteiger partial charge in [0.05, 0.1) is 35.5 Å². The summed E-state index contributed by atoms with van der Waals surface area (Å²) in [5.41, 5.74) is 3.87. The lowest BCUT2D eigenvalue weighted by Gasteiger charge is -2.11. The van der Waals surface area contributed by atoms with E-state index in [2.05, 4.69) is 15.1 Å². The SMILES string of the molecule is Cn1cc2c(-c3ccc(Cn4c(=O)cnc5ccncc54)c(F)c3)cccc2n1. The molecule has 142 valence electrons. The van der Waals surface area contributed by atoms with Crippen molar-refractivity contribution in [2.45, 2.75) is 6.54 Å². The van der Waals surface area contributed by atoms with E-state index >= 15 is 0 Å². The molecular weight excluding hydrogens is 369 g/mol. The quantitative estimate of drug-likeness (QED) is 0.477. The third-order valence-electron chi connectivity index (χ3n) is 5.01. The molecule has 6 nitrogen and oxygen atoms in total. The van der Waals surface area contributed by atoms with Gasteiger partial charge >= 0.3 is 0 Å². The fraction of sp³-hybridized carbons (Fsp3) is 0.0909. The van der Waals surface area contributed by atoms with Crippen molar-refractivity contribution in [2.75, 3.05) is 0 Å². The summed E-state index contributed by atoms with van der Waals surface area (Å²) in [7, 11) is 1.86. The van der Waals surface area contributed by atoms with Crippen LogP contribution >= 0.6 is 0 Å². The lowest BCUT2D eigenvalue weighted by Crippen LogP contribution is -2.21. The predicted molar refractivity (Wildman–Crippen MR) is 109 cm³/mol. The highest BCUT2D eigenvalue weighted by Crippen LogP contribution is 2.29. The first kappa shape index (κ1) is 17.2. The van der Waals surface area contributed by atoms with Crippen LogP contribution in [0.1, 0.15) is 5.56 Å². The molecule has 0 radical (unpaired) electrons. The summed E-state index contributed by atoms with van der Waals surface area (Å²) in [6.07, 6.45) is 6.35. The van der Waals surface area contributed by atoms with Crippen LogP contribution in [0.4, 0.5) is 4.39 Å². The maximum Gasteiger partial charge on any atom is 0.269 e. The summed E-state index contributed by atoms with van der Waals surface area (Å²) in [6, 6.07) is 12.6. The van der Waals surface area contributed by atoms with Crippen LogP contribution in [0.5, 0.6) is 0 Å². The van der Waals surface area contributed by atoms with Gasteiger partial charge in [-0.3, -0.25) is 19.0 Å². The highest BCUT2D eigenvalue weighted by molar-refractivity contribution is 5.94. The molecule has 0 N–H and O–H groups in total. The largest absolute Gasteiger partial charge is 0.299 e. The molecular formula is C22H16FN5O. The topological polar surface area (TPSA) is 65.6 Å². The summed E-state index contributed by atoms with van der Waals surface area (Å²) in [5.74, 6) is -0.371. The van der Waals surface area contributed by atoms with Crippen molar-refractivity contribution in [2.24, 2.45) is 7.05 Å². The fourth-order valence-electron chi connectivity index (χ4n) is 3.60. The van der Waals surface area contributed by atoms with Gasteiger partial charge in [0, 0.05) is 30.4 Å². The van der Waals surface area contributed by atoms with E-state index in [-0.39, 0.29) is 17.9 Å². The molecule has 0 aliphatic rings. The third kappa shape index (κ3) is 2.97. The molecule has 0 saturated heterocycles. The first-order chi connectivity index (χ1) is 14.1. The molecule has 0 spiro atoms. The van der Waals surface area contributed by atoms with Crippen molar-refractivity contribution in [1.29, 1.82) is 0 Å². The smallest absolute Gasteiger partial charge is 0.269 e. The molecule has 5 rings (SSSR count). The van der Waals surface area contributed by atoms with E-state index in [1.807, 2.05) is 37.5 Å². The molecule has 0 saturated carbocycles. The molecule has 7 heteroatoms. The van der Waals surface area contributed by atoms with Gasteiger partial charge in [-0.1, -0.05) is 24.3 Å². The second-order valence-corrected chi connectivity index (χ2v) is 6.89. The number of aromatic nitrogens is 5. The molecule has 0 fully saturated rings. The van der Waals surface area contributed by atoms with Gasteiger partial charge in [0.15, 0.2) is 0 Å². The molecule has 0 aliphatic carbocycles. The van der Waals surface area contributed by atoms with Crippen LogP contribution in [0.2, 0.25) is 0 Å². The number of halogens is 1. The number of hydrogen-bond donors (Lipinski definition) is 0. The van der Waals surface area contributed by atoms with Crippen LogP contribution in [0.3, 0.4) is 0 Å². The highest BCUT2D eigenvalue weighted by atomic mass is 19.1. The maximum absolute atomic E-state index is 15.0. The van der Waals surface area contributed by atoms with E-state index in [4.69, 9.17) is 0 Å². The van der Waals surface area contributed by atoms with Crippen LogP contribution < -0.4 is 5.56 Å². The zero-order valence-corrected chi connectivity index (χ0v) is 15.6. The molecule has 5 aromatic rings. The van der Waals surface area contributed by atoms with Gasteiger partial charge in [-0.05, 0) is 29.3 Å². The molecule has 29 heavy (non-hydrogen) atoms. The van der Waals surface area contributed by atoms with Crippen molar-refractivity contribution in [3.63, 3.8) is 0 Å². The Bertz CT molecular complexity index is 1440. The minimum absolute atomic E-state index is 0.104. The lowest BCUT2D eigenvalue weighted by atomic mass is 10.0. The maximum atomic E-state index is 15.0. The van der Waals surface area contributed by atoms with Gasteiger partial charge < -0.3 is 0 Å². The summed E-state index contributed by atoms with van der Waals surface area (Å²) in [5, 5.41) is 5.37. The Hall–Kier alpha value is -3.87. The van der Waals surface area contributed by atoms with Gasteiger partial charge in [0.25, 0.3) is 5.56 Å². The van der Waals surface area contributed by atoms with E-state index < -0.39 is 0 Å². The predicted octanol–water partition coefficient (Wildman–Crippen LogP) is 3.53. The van der Waals surface area contributed by atoms with Crippen molar-refractivity contribution >= 4 is 21.9 Å². The van der Waals surface area contributed by atoms with Crippen LogP contribution in [0.25, 0.3) is 33.1 Å². The van der Waals surface area contributed by atoms with Gasteiger partial charge in [-0.2, -0.15) is 5.10 Å². The average Bonchev–Trinajstić information content (AvgIpc) is 3.11. The Morgan fingerprint density at radius 2 is 1.97 bits per heavy atom. The molecule has 3 aromatic heterocycles. The van der Waals surface area contributed by atoms with E-state index in [1.165, 1.54) is 16.8 Å². The first-order valence-electron chi connectivity index (χ1n) is 9.11. The van der Waals surface area contributed by atoms with Crippen molar-refractivity contribution in [1.82, 2.24) is 24.3 Å². The van der Waals surface area contributed by atoms with E-state index in [9.17, 15) is 9.18 Å². The standard InChI is InChI=1S/C22H16FN5O/c1-27-13-17-16(3-2-4-19(17)26-27)14-5-6-15(18(23)9-14)12-28-21-10-24-8-7-20(21)25-11-22(28)29/h2-11,13H,12H2,1H3. The fourth-order valence-corrected chi connectivity index (χ4v) is 3.60. The Labute approximate surface area is 164 Å². The monoisotopic (exact) mass is 385 g/mol. The van der Waals surface area contributed by atoms with Crippen LogP contribution in [0, 0.1) is 5.82 Å². The van der Waals surface area contributed by atoms with Crippen molar-refractivity contribution < 1.29 is 4.39 Å². The number of rotatable bonds is 3. The number of nitrogens with zero attached hydrogens (tertiary/aromatic N) is 5. The molecule has 0 aliphatic heterocycles. The minimum Gasteiger partial charge on any atom is -0.299 e. The average molecular weight is 385 g/mol. The molecule has 0 unspecified atom stereocenters. The highest BCUT2D eigenvalue weighted by Gasteiger charge is 2.12. The molecule has 2 aromatic carbocycles. The van der Waals surface area contributed by atoms with Gasteiger partial charge in [-0.25, -0.2) is 9.37 Å². The third-order valence-corrected chi connectivity index (χ3v) is 5.01. The molecule has 0 atom stereocenters. The molecule has 3 heterocycles. The Kier molecular flexibility index (Phi) is 3.94. The number of pyridine rings is 1. The summed E-state index contributed by atoms with van der Waals surface area (Å²) in [4.78, 5) is 20.5. The van der Waals surface area contributed by atoms with Crippen LogP contribution in [0.15, 0.2) is 72.0 Å². The Balaban J connectivity index is 1.58. The van der Waals surface area contributed by atoms with E-state index in [0.29, 0.717) is 16.6 Å². The number of hydrogen-bond acceptors (Lipinski definition) is 4. The number of aryl methyl sites for hydroxylation is 1. The van der Waals surface area contributed by atoms with Crippen LogP contribution in [-0.2, 0) is 13.6 Å². The minimum atomic E-state index is -0.371. The summed E-state index contributed by atoms with van der Waals surface area (Å²) < 4.78 is 18.2. The van der Waals surface area contributed by atoms with Crippen LogP contribution in [-0.4, -0.2) is 24.3 Å².